The van der Waals surface area contributed by atoms with Gasteiger partial charge in [-0.15, -0.1) is 0 Å². The maximum atomic E-state index is 11.7. The first kappa shape index (κ1) is 9.52. The summed E-state index contributed by atoms with van der Waals surface area (Å²) in [6, 6.07) is 1.90. The van der Waals surface area contributed by atoms with Crippen molar-refractivity contribution in [1.82, 2.24) is 4.98 Å². The van der Waals surface area contributed by atoms with Crippen LogP contribution in [0, 0.1) is 6.92 Å². The minimum Gasteiger partial charge on any atom is -0.322 e. The molecule has 2 rings (SSSR count). The predicted octanol–water partition coefficient (Wildman–Crippen LogP) is 2.21. The van der Waals surface area contributed by atoms with Crippen molar-refractivity contribution in [2.75, 3.05) is 5.32 Å². The molecule has 3 nitrogen and oxygen atoms in total. The number of hydrogen-bond acceptors (Lipinski definition) is 3. The molecule has 1 N–H and O–H groups in total. The fourth-order valence-electron chi connectivity index (χ4n) is 1.31. The van der Waals surface area contributed by atoms with Gasteiger partial charge in [0.25, 0.3) is 0 Å². The smallest absolute Gasteiger partial charge is 0.240 e. The Morgan fingerprint density at radius 2 is 2.21 bits per heavy atom. The summed E-state index contributed by atoms with van der Waals surface area (Å²) in [5.41, 5.74) is 1.92. The van der Waals surface area contributed by atoms with E-state index in [4.69, 9.17) is 0 Å². The summed E-state index contributed by atoms with van der Waals surface area (Å²) < 4.78 is -0.423. The van der Waals surface area contributed by atoms with E-state index in [2.05, 4.69) is 10.3 Å². The second-order valence-corrected chi connectivity index (χ2v) is 5.49. The third-order valence-corrected chi connectivity index (χ3v) is 3.46. The summed E-state index contributed by atoms with van der Waals surface area (Å²) in [5, 5.41) is 3.81. The molecule has 1 aliphatic heterocycles. The van der Waals surface area contributed by atoms with Crippen LogP contribution in [0.15, 0.2) is 17.3 Å². The molecule has 1 amide bonds. The van der Waals surface area contributed by atoms with E-state index in [0.717, 1.165) is 16.3 Å². The molecule has 0 saturated heterocycles. The monoisotopic (exact) mass is 208 g/mol. The third-order valence-electron chi connectivity index (χ3n) is 2.26. The van der Waals surface area contributed by atoms with Gasteiger partial charge < -0.3 is 5.32 Å². The molecule has 0 aromatic carbocycles. The Morgan fingerprint density at radius 1 is 1.50 bits per heavy atom. The number of anilines is 1. The van der Waals surface area contributed by atoms with Crippen molar-refractivity contribution in [2.45, 2.75) is 30.5 Å². The summed E-state index contributed by atoms with van der Waals surface area (Å²) in [4.78, 5) is 15.9. The maximum Gasteiger partial charge on any atom is 0.240 e. The number of carbonyl (C=O) groups excluding carboxylic acids is 1. The van der Waals surface area contributed by atoms with Crippen LogP contribution in [0.25, 0.3) is 0 Å². The van der Waals surface area contributed by atoms with E-state index >= 15 is 0 Å². The first-order chi connectivity index (χ1) is 6.50. The molecule has 0 unspecified atom stereocenters. The lowest BCUT2D eigenvalue weighted by molar-refractivity contribution is -0.117. The van der Waals surface area contributed by atoms with Crippen molar-refractivity contribution in [2.24, 2.45) is 0 Å². The molecule has 14 heavy (non-hydrogen) atoms. The highest BCUT2D eigenvalue weighted by atomic mass is 32.2. The van der Waals surface area contributed by atoms with Crippen LogP contribution in [0.5, 0.6) is 0 Å². The molecule has 0 saturated carbocycles. The van der Waals surface area contributed by atoms with Gasteiger partial charge >= 0.3 is 0 Å². The van der Waals surface area contributed by atoms with Crippen LogP contribution in [-0.4, -0.2) is 15.6 Å². The number of fused-ring (bicyclic) bond motifs is 1. The normalized spacial score (nSPS) is 18.6. The summed E-state index contributed by atoms with van der Waals surface area (Å²) in [6.07, 6.45) is 1.77. The SMILES string of the molecule is Cc1ccnc2c1NC(=O)C(C)(C)S2. The van der Waals surface area contributed by atoms with Crippen LogP contribution in [0.4, 0.5) is 5.69 Å². The van der Waals surface area contributed by atoms with Crippen molar-refractivity contribution in [3.05, 3.63) is 17.8 Å². The Balaban J connectivity index is 2.51. The highest BCUT2D eigenvalue weighted by Crippen LogP contribution is 2.41. The second kappa shape index (κ2) is 2.98. The lowest BCUT2D eigenvalue weighted by Gasteiger charge is -2.29. The molecule has 0 radical (unpaired) electrons. The first-order valence-electron chi connectivity index (χ1n) is 4.47. The molecule has 4 heteroatoms. The van der Waals surface area contributed by atoms with E-state index < -0.39 is 4.75 Å². The van der Waals surface area contributed by atoms with Gasteiger partial charge in [0.05, 0.1) is 10.4 Å². The summed E-state index contributed by atoms with van der Waals surface area (Å²) in [5.74, 6) is 0.0473. The molecule has 2 heterocycles. The number of hydrogen-bond donors (Lipinski definition) is 1. The number of nitrogens with zero attached hydrogens (tertiary/aromatic N) is 1. The van der Waals surface area contributed by atoms with E-state index in [1.807, 2.05) is 26.8 Å². The number of thioether (sulfide) groups is 1. The van der Waals surface area contributed by atoms with Gasteiger partial charge in [-0.05, 0) is 32.4 Å². The number of rotatable bonds is 0. The zero-order chi connectivity index (χ0) is 10.3. The standard InChI is InChI=1S/C10H12N2OS/c1-6-4-5-11-8-7(6)12-9(13)10(2,3)14-8/h4-5H,1-3H3,(H,12,13). The van der Waals surface area contributed by atoms with Crippen molar-refractivity contribution in [3.63, 3.8) is 0 Å². The second-order valence-electron chi connectivity index (χ2n) is 3.87. The fraction of sp³-hybridized carbons (Fsp3) is 0.400. The Bertz CT molecular complexity index is 401. The van der Waals surface area contributed by atoms with Gasteiger partial charge in [0.15, 0.2) is 0 Å². The molecule has 0 bridgehead atoms. The summed E-state index contributed by atoms with van der Waals surface area (Å²) in [6.45, 7) is 5.78. The number of pyridine rings is 1. The summed E-state index contributed by atoms with van der Waals surface area (Å²) in [7, 11) is 0. The average Bonchev–Trinajstić information content (AvgIpc) is 2.08. The van der Waals surface area contributed by atoms with E-state index in [9.17, 15) is 4.79 Å². The quantitative estimate of drug-likeness (QED) is 0.710. The van der Waals surface area contributed by atoms with Crippen LogP contribution in [-0.2, 0) is 4.79 Å². The average molecular weight is 208 g/mol. The largest absolute Gasteiger partial charge is 0.322 e. The van der Waals surface area contributed by atoms with E-state index in [0.29, 0.717) is 0 Å². The molecule has 1 aromatic rings. The summed E-state index contributed by atoms with van der Waals surface area (Å²) >= 11 is 1.51. The molecule has 1 aromatic heterocycles. The fourth-order valence-corrected chi connectivity index (χ4v) is 2.37. The van der Waals surface area contributed by atoms with Crippen LogP contribution in [0.3, 0.4) is 0 Å². The van der Waals surface area contributed by atoms with Crippen LogP contribution >= 0.6 is 11.8 Å². The van der Waals surface area contributed by atoms with Crippen molar-refractivity contribution in [1.29, 1.82) is 0 Å². The predicted molar refractivity (Wildman–Crippen MR) is 57.5 cm³/mol. The van der Waals surface area contributed by atoms with E-state index in [1.165, 1.54) is 11.8 Å². The van der Waals surface area contributed by atoms with Crippen LogP contribution in [0.1, 0.15) is 19.4 Å². The number of carbonyl (C=O) groups is 1. The van der Waals surface area contributed by atoms with Crippen LogP contribution in [0.2, 0.25) is 0 Å². The minimum atomic E-state index is -0.423. The minimum absolute atomic E-state index is 0.0473. The maximum absolute atomic E-state index is 11.7. The Kier molecular flexibility index (Phi) is 2.03. The third kappa shape index (κ3) is 1.39. The van der Waals surface area contributed by atoms with Gasteiger partial charge in [0.1, 0.15) is 5.03 Å². The highest BCUT2D eigenvalue weighted by molar-refractivity contribution is 8.01. The molecule has 74 valence electrons. The zero-order valence-electron chi connectivity index (χ0n) is 8.42. The van der Waals surface area contributed by atoms with Gasteiger partial charge in [-0.3, -0.25) is 4.79 Å². The molecule has 0 aliphatic carbocycles. The van der Waals surface area contributed by atoms with Gasteiger partial charge in [-0.1, -0.05) is 11.8 Å². The number of amides is 1. The molecule has 0 fully saturated rings. The van der Waals surface area contributed by atoms with Gasteiger partial charge in [0, 0.05) is 6.20 Å². The van der Waals surface area contributed by atoms with Gasteiger partial charge in [0.2, 0.25) is 5.91 Å². The molecular formula is C10H12N2OS. The Labute approximate surface area is 87.3 Å². The number of aryl methyl sites for hydroxylation is 1. The van der Waals surface area contributed by atoms with Gasteiger partial charge in [-0.2, -0.15) is 0 Å². The highest BCUT2D eigenvalue weighted by Gasteiger charge is 2.35. The Morgan fingerprint density at radius 3 is 2.93 bits per heavy atom. The topological polar surface area (TPSA) is 42.0 Å². The number of aromatic nitrogens is 1. The number of nitrogens with one attached hydrogen (secondary N) is 1. The molecule has 0 atom stereocenters. The molecule has 0 spiro atoms. The van der Waals surface area contributed by atoms with Crippen molar-refractivity contribution < 1.29 is 4.79 Å². The lowest BCUT2D eigenvalue weighted by atomic mass is 10.1. The van der Waals surface area contributed by atoms with Crippen molar-refractivity contribution >= 4 is 23.4 Å². The van der Waals surface area contributed by atoms with Crippen LogP contribution < -0.4 is 5.32 Å². The zero-order valence-corrected chi connectivity index (χ0v) is 9.23. The Hall–Kier alpha value is -1.03. The lowest BCUT2D eigenvalue weighted by Crippen LogP contribution is -2.37. The van der Waals surface area contributed by atoms with E-state index in [1.54, 1.807) is 6.20 Å². The first-order valence-corrected chi connectivity index (χ1v) is 5.28. The van der Waals surface area contributed by atoms with E-state index in [-0.39, 0.29) is 5.91 Å². The van der Waals surface area contributed by atoms with Crippen molar-refractivity contribution in [3.8, 4) is 0 Å². The molecule has 1 aliphatic rings. The molecular weight excluding hydrogens is 196 g/mol. The van der Waals surface area contributed by atoms with Gasteiger partial charge in [-0.25, -0.2) is 4.98 Å².